The van der Waals surface area contributed by atoms with Gasteiger partial charge in [0, 0.05) is 11.3 Å². The molecular formula is C19H25NO2. The Labute approximate surface area is 133 Å². The van der Waals surface area contributed by atoms with Crippen LogP contribution in [0.4, 0.5) is 0 Å². The molecule has 0 aromatic heterocycles. The first-order valence-corrected chi connectivity index (χ1v) is 8.01. The number of rotatable bonds is 5. The Bertz CT molecular complexity index is 606. The smallest absolute Gasteiger partial charge is 0.161 e. The fourth-order valence-electron chi connectivity index (χ4n) is 3.94. The second-order valence-electron chi connectivity index (χ2n) is 6.16. The number of nitrogens with one attached hydrogen (secondary N) is 1. The van der Waals surface area contributed by atoms with E-state index in [0.717, 1.165) is 30.9 Å². The van der Waals surface area contributed by atoms with Crippen LogP contribution in [0.15, 0.2) is 30.4 Å². The fourth-order valence-corrected chi connectivity index (χ4v) is 3.94. The molecule has 2 atom stereocenters. The highest BCUT2D eigenvalue weighted by atomic mass is 16.5. The molecule has 0 fully saturated rings. The Morgan fingerprint density at radius 2 is 1.95 bits per heavy atom. The largest absolute Gasteiger partial charge is 0.493 e. The lowest BCUT2D eigenvalue weighted by molar-refractivity contribution is 0.292. The van der Waals surface area contributed by atoms with Crippen LogP contribution in [0.2, 0.25) is 0 Å². The molecule has 3 heteroatoms. The Morgan fingerprint density at radius 3 is 2.68 bits per heavy atom. The van der Waals surface area contributed by atoms with E-state index in [2.05, 4.69) is 41.8 Å². The van der Waals surface area contributed by atoms with Gasteiger partial charge in [0.1, 0.15) is 0 Å². The van der Waals surface area contributed by atoms with Gasteiger partial charge in [-0.3, -0.25) is 0 Å². The van der Waals surface area contributed by atoms with Crippen molar-refractivity contribution in [2.24, 2.45) is 5.92 Å². The van der Waals surface area contributed by atoms with Gasteiger partial charge in [-0.1, -0.05) is 24.3 Å². The van der Waals surface area contributed by atoms with Crippen molar-refractivity contribution in [3.05, 3.63) is 41.5 Å². The van der Waals surface area contributed by atoms with Crippen LogP contribution in [0.25, 0.3) is 6.08 Å². The van der Waals surface area contributed by atoms with E-state index in [-0.39, 0.29) is 5.41 Å². The van der Waals surface area contributed by atoms with Crippen LogP contribution in [0, 0.1) is 5.92 Å². The summed E-state index contributed by atoms with van der Waals surface area (Å²) >= 11 is 0. The number of fused-ring (bicyclic) bond motifs is 3. The van der Waals surface area contributed by atoms with Gasteiger partial charge in [0.05, 0.1) is 14.2 Å². The predicted octanol–water partition coefficient (Wildman–Crippen LogP) is 3.54. The van der Waals surface area contributed by atoms with Crippen molar-refractivity contribution in [2.75, 3.05) is 27.8 Å². The first-order chi connectivity index (χ1) is 10.7. The van der Waals surface area contributed by atoms with Gasteiger partial charge in [0.25, 0.3) is 0 Å². The maximum atomic E-state index is 5.55. The Balaban J connectivity index is 2.14. The van der Waals surface area contributed by atoms with Crippen LogP contribution in [0.3, 0.4) is 0 Å². The zero-order chi connectivity index (χ0) is 15.6. The molecule has 1 N–H and O–H groups in total. The van der Waals surface area contributed by atoms with Gasteiger partial charge in [0.2, 0.25) is 0 Å². The highest BCUT2D eigenvalue weighted by molar-refractivity contribution is 5.66. The molecule has 2 aliphatic rings. The first-order valence-electron chi connectivity index (χ1n) is 8.01. The van der Waals surface area contributed by atoms with Crippen molar-refractivity contribution in [1.29, 1.82) is 0 Å². The van der Waals surface area contributed by atoms with Crippen LogP contribution in [0.5, 0.6) is 11.5 Å². The van der Waals surface area contributed by atoms with E-state index in [4.69, 9.17) is 9.47 Å². The predicted molar refractivity (Wildman–Crippen MR) is 90.7 cm³/mol. The van der Waals surface area contributed by atoms with Crippen molar-refractivity contribution in [2.45, 2.75) is 24.7 Å². The zero-order valence-corrected chi connectivity index (χ0v) is 13.7. The van der Waals surface area contributed by atoms with Gasteiger partial charge in [-0.2, -0.15) is 0 Å². The molecular weight excluding hydrogens is 274 g/mol. The van der Waals surface area contributed by atoms with Crippen LogP contribution >= 0.6 is 0 Å². The number of hydrogen-bond donors (Lipinski definition) is 1. The lowest BCUT2D eigenvalue weighted by atomic mass is 9.60. The molecule has 1 aromatic rings. The van der Waals surface area contributed by atoms with E-state index < -0.39 is 0 Å². The second kappa shape index (κ2) is 6.17. The summed E-state index contributed by atoms with van der Waals surface area (Å²) in [7, 11) is 5.43. The van der Waals surface area contributed by atoms with Gasteiger partial charge in [-0.15, -0.1) is 0 Å². The van der Waals surface area contributed by atoms with Crippen LogP contribution in [-0.4, -0.2) is 27.8 Å². The van der Waals surface area contributed by atoms with E-state index in [1.54, 1.807) is 14.2 Å². The zero-order valence-electron chi connectivity index (χ0n) is 13.7. The highest BCUT2D eigenvalue weighted by Gasteiger charge is 2.42. The molecule has 0 amide bonds. The normalized spacial score (nSPS) is 25.5. The molecule has 3 nitrogen and oxygen atoms in total. The maximum absolute atomic E-state index is 5.55. The highest BCUT2D eigenvalue weighted by Crippen LogP contribution is 2.50. The lowest BCUT2D eigenvalue weighted by Crippen LogP contribution is -2.40. The molecule has 2 aliphatic carbocycles. The molecule has 0 saturated carbocycles. The van der Waals surface area contributed by atoms with E-state index in [1.807, 2.05) is 7.05 Å². The third-order valence-electron chi connectivity index (χ3n) is 5.13. The summed E-state index contributed by atoms with van der Waals surface area (Å²) in [5, 5.41) is 3.32. The summed E-state index contributed by atoms with van der Waals surface area (Å²) < 4.78 is 11.0. The fraction of sp³-hybridized carbons (Fsp3) is 0.474. The summed E-state index contributed by atoms with van der Waals surface area (Å²) in [4.78, 5) is 0. The number of hydrogen-bond acceptors (Lipinski definition) is 3. The molecule has 0 bridgehead atoms. The van der Waals surface area contributed by atoms with Gasteiger partial charge in [-0.25, -0.2) is 0 Å². The minimum absolute atomic E-state index is 0.168. The molecule has 3 rings (SSSR count). The van der Waals surface area contributed by atoms with Gasteiger partial charge in [0.15, 0.2) is 11.5 Å². The van der Waals surface area contributed by atoms with Crippen molar-refractivity contribution in [3.63, 3.8) is 0 Å². The monoisotopic (exact) mass is 299 g/mol. The van der Waals surface area contributed by atoms with E-state index in [0.29, 0.717) is 5.92 Å². The van der Waals surface area contributed by atoms with Crippen LogP contribution in [0.1, 0.15) is 30.4 Å². The summed E-state index contributed by atoms with van der Waals surface area (Å²) in [6, 6.07) is 4.31. The van der Waals surface area contributed by atoms with Crippen LogP contribution < -0.4 is 14.8 Å². The number of allylic oxidation sites excluding steroid dienone is 3. The summed E-state index contributed by atoms with van der Waals surface area (Å²) in [6.07, 6.45) is 12.7. The Hall–Kier alpha value is -1.74. The summed E-state index contributed by atoms with van der Waals surface area (Å²) in [5.41, 5.74) is 2.83. The number of benzene rings is 1. The minimum atomic E-state index is 0.168. The molecule has 1 aromatic carbocycles. The topological polar surface area (TPSA) is 30.5 Å². The molecule has 0 unspecified atom stereocenters. The number of methoxy groups -OCH3 is 2. The Morgan fingerprint density at radius 1 is 1.18 bits per heavy atom. The summed E-state index contributed by atoms with van der Waals surface area (Å²) in [5.74, 6) is 2.10. The van der Waals surface area contributed by atoms with Crippen molar-refractivity contribution >= 4 is 6.08 Å². The molecule has 118 valence electrons. The lowest BCUT2D eigenvalue weighted by Gasteiger charge is -2.44. The average molecular weight is 299 g/mol. The van der Waals surface area contributed by atoms with E-state index in [9.17, 15) is 0 Å². The van der Waals surface area contributed by atoms with Gasteiger partial charge >= 0.3 is 0 Å². The molecule has 22 heavy (non-hydrogen) atoms. The minimum Gasteiger partial charge on any atom is -0.493 e. The first kappa shape index (κ1) is 15.2. The average Bonchev–Trinajstić information content (AvgIpc) is 2.58. The van der Waals surface area contributed by atoms with Crippen molar-refractivity contribution < 1.29 is 9.47 Å². The second-order valence-corrected chi connectivity index (χ2v) is 6.16. The molecule has 0 heterocycles. The van der Waals surface area contributed by atoms with Gasteiger partial charge < -0.3 is 14.8 Å². The third kappa shape index (κ3) is 2.34. The maximum Gasteiger partial charge on any atom is 0.161 e. The molecule has 0 saturated heterocycles. The SMILES string of the molecule is CNCC[C@]12CCC=C[C@H]1C=Cc1cc(OC)c(OC)cc12. The van der Waals surface area contributed by atoms with Crippen molar-refractivity contribution in [3.8, 4) is 11.5 Å². The quantitative estimate of drug-likeness (QED) is 0.844. The number of ether oxygens (including phenoxy) is 2. The summed E-state index contributed by atoms with van der Waals surface area (Å²) in [6.45, 7) is 1.02. The standard InChI is InChI=1S/C19H25NO2/c1-20-11-10-19-9-5-4-6-15(19)8-7-14-12-17(21-2)18(22-3)13-16(14)19/h4,6-8,12-13,15,20H,5,9-11H2,1-3H3/t15-,19+/m0/s1. The van der Waals surface area contributed by atoms with Crippen LogP contribution in [-0.2, 0) is 5.41 Å². The molecule has 0 aliphatic heterocycles. The Kier molecular flexibility index (Phi) is 4.25. The van der Waals surface area contributed by atoms with Gasteiger partial charge in [-0.05, 0) is 56.1 Å². The van der Waals surface area contributed by atoms with Crippen molar-refractivity contribution in [1.82, 2.24) is 5.32 Å². The van der Waals surface area contributed by atoms with E-state index in [1.165, 1.54) is 17.5 Å². The van der Waals surface area contributed by atoms with E-state index >= 15 is 0 Å². The molecule has 0 radical (unpaired) electrons. The third-order valence-corrected chi connectivity index (χ3v) is 5.13. The molecule has 0 spiro atoms.